The van der Waals surface area contributed by atoms with Crippen LogP contribution in [-0.2, 0) is 0 Å². The molecule has 2 heterocycles. The third-order valence-corrected chi connectivity index (χ3v) is 6.35. The Morgan fingerprint density at radius 1 is 1.16 bits per heavy atom. The Kier molecular flexibility index (Phi) is 6.99. The normalized spacial score (nSPS) is 21.2. The second-order valence-electron chi connectivity index (χ2n) is 7.83. The average molecular weight is 485 g/mol. The molecule has 1 saturated heterocycles. The molecule has 162 valence electrons. The molecule has 1 aliphatic carbocycles. The largest absolute Gasteiger partial charge is 0.490 e. The second-order valence-corrected chi connectivity index (χ2v) is 8.69. The lowest BCUT2D eigenvalue weighted by atomic mass is 9.93. The molecule has 0 atom stereocenters. The summed E-state index contributed by atoms with van der Waals surface area (Å²) in [6, 6.07) is 11.2. The average Bonchev–Trinajstić information content (AvgIpc) is 2.81. The lowest BCUT2D eigenvalue weighted by molar-refractivity contribution is 0.0888. The second kappa shape index (κ2) is 10.1. The van der Waals surface area contributed by atoms with Crippen molar-refractivity contribution in [1.29, 1.82) is 5.26 Å². The van der Waals surface area contributed by atoms with E-state index in [0.717, 1.165) is 67.9 Å². The number of nitrogens with one attached hydrogen (secondary N) is 2. The highest BCUT2D eigenvalue weighted by Crippen LogP contribution is 2.27. The monoisotopic (exact) mass is 484 g/mol. The van der Waals surface area contributed by atoms with Gasteiger partial charge in [0, 0.05) is 36.7 Å². The Hall–Kier alpha value is -2.70. The first-order chi connectivity index (χ1) is 15.1. The van der Waals surface area contributed by atoms with Gasteiger partial charge in [-0.1, -0.05) is 0 Å². The third-order valence-electron chi connectivity index (χ3n) is 5.70. The van der Waals surface area contributed by atoms with Crippen molar-refractivity contribution >= 4 is 27.7 Å². The van der Waals surface area contributed by atoms with E-state index < -0.39 is 0 Å². The summed E-state index contributed by atoms with van der Waals surface area (Å²) in [6.45, 7) is 3.65. The van der Waals surface area contributed by atoms with Crippen molar-refractivity contribution in [2.75, 3.05) is 31.1 Å². The molecule has 9 heteroatoms. The number of benzene rings is 1. The molecule has 0 spiro atoms. The van der Waals surface area contributed by atoms with Crippen molar-refractivity contribution in [2.24, 2.45) is 0 Å². The van der Waals surface area contributed by atoms with Gasteiger partial charge in [-0.15, -0.1) is 10.2 Å². The molecular formula is C22H25BrN6O2. The number of rotatable bonds is 5. The van der Waals surface area contributed by atoms with Crippen LogP contribution in [0, 0.1) is 11.3 Å². The van der Waals surface area contributed by atoms with Gasteiger partial charge in [-0.25, -0.2) is 0 Å². The smallest absolute Gasteiger partial charge is 0.272 e. The zero-order valence-corrected chi connectivity index (χ0v) is 18.8. The van der Waals surface area contributed by atoms with Gasteiger partial charge in [0.05, 0.1) is 11.7 Å². The summed E-state index contributed by atoms with van der Waals surface area (Å²) < 4.78 is 6.79. The Morgan fingerprint density at radius 2 is 1.94 bits per heavy atom. The maximum Gasteiger partial charge on any atom is 0.272 e. The van der Waals surface area contributed by atoms with Gasteiger partial charge in [0.15, 0.2) is 11.5 Å². The molecule has 2 N–H and O–H groups in total. The summed E-state index contributed by atoms with van der Waals surface area (Å²) in [5.41, 5.74) is 0.933. The van der Waals surface area contributed by atoms with Crippen LogP contribution < -0.4 is 20.3 Å². The van der Waals surface area contributed by atoms with Gasteiger partial charge in [0.25, 0.3) is 5.91 Å². The van der Waals surface area contributed by atoms with Gasteiger partial charge >= 0.3 is 0 Å². The van der Waals surface area contributed by atoms with Crippen LogP contribution in [0.25, 0.3) is 0 Å². The van der Waals surface area contributed by atoms with Crippen molar-refractivity contribution < 1.29 is 9.53 Å². The molecule has 1 amide bonds. The Labute approximate surface area is 190 Å². The van der Waals surface area contributed by atoms with E-state index in [1.807, 2.05) is 18.2 Å². The minimum Gasteiger partial charge on any atom is -0.490 e. The maximum absolute atomic E-state index is 12.6. The SMILES string of the molecule is N#Cc1ccc(OC2CCC(NC(=O)c3ccc(N4CCNCC4)nn3)CC2)cc1Br. The van der Waals surface area contributed by atoms with E-state index in [9.17, 15) is 4.79 Å². The van der Waals surface area contributed by atoms with Crippen LogP contribution in [0.5, 0.6) is 5.75 Å². The lowest BCUT2D eigenvalue weighted by Gasteiger charge is -2.29. The zero-order valence-electron chi connectivity index (χ0n) is 17.2. The molecular weight excluding hydrogens is 460 g/mol. The number of amides is 1. The molecule has 1 aromatic heterocycles. The fourth-order valence-electron chi connectivity index (χ4n) is 3.95. The molecule has 0 unspecified atom stereocenters. The predicted molar refractivity (Wildman–Crippen MR) is 120 cm³/mol. The number of nitriles is 1. The van der Waals surface area contributed by atoms with E-state index in [2.05, 4.69) is 47.7 Å². The summed E-state index contributed by atoms with van der Waals surface area (Å²) >= 11 is 3.39. The number of anilines is 1. The van der Waals surface area contributed by atoms with Gasteiger partial charge in [-0.05, 0) is 71.9 Å². The fourth-order valence-corrected chi connectivity index (χ4v) is 4.39. The first-order valence-electron chi connectivity index (χ1n) is 10.6. The van der Waals surface area contributed by atoms with E-state index in [0.29, 0.717) is 11.3 Å². The van der Waals surface area contributed by atoms with Crippen LogP contribution in [0.2, 0.25) is 0 Å². The highest BCUT2D eigenvalue weighted by molar-refractivity contribution is 9.10. The summed E-state index contributed by atoms with van der Waals surface area (Å²) in [4.78, 5) is 14.7. The molecule has 2 aliphatic rings. The van der Waals surface area contributed by atoms with Crippen molar-refractivity contribution in [3.63, 3.8) is 0 Å². The van der Waals surface area contributed by atoms with E-state index in [4.69, 9.17) is 10.00 Å². The van der Waals surface area contributed by atoms with Crippen molar-refractivity contribution in [2.45, 2.75) is 37.8 Å². The lowest BCUT2D eigenvalue weighted by Crippen LogP contribution is -2.44. The Morgan fingerprint density at radius 3 is 2.58 bits per heavy atom. The molecule has 8 nitrogen and oxygen atoms in total. The predicted octanol–water partition coefficient (Wildman–Crippen LogP) is 2.64. The Balaban J connectivity index is 1.25. The molecule has 0 bridgehead atoms. The van der Waals surface area contributed by atoms with Gasteiger partial charge in [-0.3, -0.25) is 4.79 Å². The number of piperazine rings is 1. The molecule has 2 aromatic rings. The number of halogens is 1. The van der Waals surface area contributed by atoms with Crippen LogP contribution in [0.15, 0.2) is 34.8 Å². The zero-order chi connectivity index (χ0) is 21.6. The van der Waals surface area contributed by atoms with E-state index in [-0.39, 0.29) is 18.1 Å². The van der Waals surface area contributed by atoms with Crippen LogP contribution in [-0.4, -0.2) is 54.4 Å². The number of aromatic nitrogens is 2. The molecule has 0 radical (unpaired) electrons. The number of hydrogen-bond donors (Lipinski definition) is 2. The molecule has 1 saturated carbocycles. The number of nitrogens with zero attached hydrogens (tertiary/aromatic N) is 4. The van der Waals surface area contributed by atoms with Crippen molar-refractivity contribution in [3.8, 4) is 11.8 Å². The van der Waals surface area contributed by atoms with Crippen LogP contribution in [0.4, 0.5) is 5.82 Å². The molecule has 31 heavy (non-hydrogen) atoms. The minimum atomic E-state index is -0.181. The van der Waals surface area contributed by atoms with Gasteiger partial charge in [0.2, 0.25) is 0 Å². The van der Waals surface area contributed by atoms with Crippen LogP contribution >= 0.6 is 15.9 Å². The van der Waals surface area contributed by atoms with Crippen LogP contribution in [0.1, 0.15) is 41.7 Å². The Bertz CT molecular complexity index is 947. The first-order valence-corrected chi connectivity index (χ1v) is 11.4. The highest BCUT2D eigenvalue weighted by atomic mass is 79.9. The highest BCUT2D eigenvalue weighted by Gasteiger charge is 2.25. The molecule has 4 rings (SSSR count). The van der Waals surface area contributed by atoms with E-state index >= 15 is 0 Å². The van der Waals surface area contributed by atoms with Crippen molar-refractivity contribution in [1.82, 2.24) is 20.8 Å². The minimum absolute atomic E-state index is 0.103. The van der Waals surface area contributed by atoms with Gasteiger partial charge in [-0.2, -0.15) is 5.26 Å². The summed E-state index contributed by atoms with van der Waals surface area (Å²) in [7, 11) is 0. The summed E-state index contributed by atoms with van der Waals surface area (Å²) in [6.07, 6.45) is 3.51. The molecule has 1 aromatic carbocycles. The summed E-state index contributed by atoms with van der Waals surface area (Å²) in [5, 5.41) is 23.8. The fraction of sp³-hybridized carbons (Fsp3) is 0.455. The number of hydrogen-bond acceptors (Lipinski definition) is 7. The van der Waals surface area contributed by atoms with E-state index in [1.165, 1.54) is 0 Å². The van der Waals surface area contributed by atoms with Crippen LogP contribution in [0.3, 0.4) is 0 Å². The quantitative estimate of drug-likeness (QED) is 0.671. The van der Waals surface area contributed by atoms with Gasteiger partial charge < -0.3 is 20.3 Å². The van der Waals surface area contributed by atoms with Gasteiger partial charge in [0.1, 0.15) is 11.8 Å². The number of ether oxygens (including phenoxy) is 1. The maximum atomic E-state index is 12.6. The summed E-state index contributed by atoms with van der Waals surface area (Å²) in [5.74, 6) is 1.38. The first kappa shape index (κ1) is 21.5. The third kappa shape index (κ3) is 5.51. The van der Waals surface area contributed by atoms with E-state index in [1.54, 1.807) is 12.1 Å². The molecule has 1 aliphatic heterocycles. The standard InChI is InChI=1S/C22H25BrN6O2/c23-19-13-18(4-1-15(19)14-24)31-17-5-2-16(3-6-17)26-22(30)20-7-8-21(28-27-20)29-11-9-25-10-12-29/h1,4,7-8,13,16-17,25H,2-3,5-6,9-12H2,(H,26,30). The number of carbonyl (C=O) groups excluding carboxylic acids is 1. The number of carbonyl (C=O) groups is 1. The molecule has 2 fully saturated rings. The topological polar surface area (TPSA) is 103 Å². The van der Waals surface area contributed by atoms with Crippen molar-refractivity contribution in [3.05, 3.63) is 46.1 Å².